The van der Waals surface area contributed by atoms with E-state index in [9.17, 15) is 34.2 Å². The molecule has 5 heterocycles. The molecule has 0 saturated carbocycles. The van der Waals surface area contributed by atoms with Gasteiger partial charge in [0.2, 0.25) is 5.60 Å². The van der Waals surface area contributed by atoms with Crippen molar-refractivity contribution in [2.24, 2.45) is 12.2 Å². The number of pyridine rings is 1. The zero-order valence-corrected chi connectivity index (χ0v) is 24.8. The maximum atomic E-state index is 13.3. The Labute approximate surface area is 254 Å². The van der Waals surface area contributed by atoms with Crippen LogP contribution in [0, 0.1) is 0 Å². The number of amides is 3. The average Bonchev–Trinajstić information content (AvgIpc) is 3.56. The Morgan fingerprint density at radius 2 is 2.07 bits per heavy atom. The Bertz CT molecular complexity index is 1680. The van der Waals surface area contributed by atoms with Crippen LogP contribution in [0.3, 0.4) is 0 Å². The van der Waals surface area contributed by atoms with Crippen LogP contribution in [0.4, 0.5) is 10.8 Å². The normalized spacial score (nSPS) is 21.3. The van der Waals surface area contributed by atoms with Crippen molar-refractivity contribution in [2.45, 2.75) is 50.8 Å². The molecule has 0 aliphatic carbocycles. The number of nitrogens with zero attached hydrogens (tertiary/aromatic N) is 5. The standard InChI is InChI=1S/C28H29N7O8S/c1-28(2,26(41)42)43-32-19(17-13-44-27(29)30-17)22(36)31-20-18-7-6-14(21(25(39)40)35(18)24(20)38)11-15-8-10-34(23(15)37)16-5-4-9-33(3)12-16/h4-5,9,11-13,18,20H,6-8,10H2,1-3H3,(H4-,29,30,31,36,39,40,41,42)/b15-11+,32-19-/t18-,20+/m1/s1. The smallest absolute Gasteiger partial charge is 0.350 e. The van der Waals surface area contributed by atoms with Crippen molar-refractivity contribution in [3.05, 3.63) is 58.5 Å². The van der Waals surface area contributed by atoms with E-state index in [0.717, 1.165) is 16.2 Å². The number of oxime groups is 1. The van der Waals surface area contributed by atoms with E-state index in [1.165, 1.54) is 25.3 Å². The topological polar surface area (TPSA) is 212 Å². The summed E-state index contributed by atoms with van der Waals surface area (Å²) < 4.78 is 1.82. The van der Waals surface area contributed by atoms with Crippen molar-refractivity contribution < 1.29 is 43.6 Å². The summed E-state index contributed by atoms with van der Waals surface area (Å²) >= 11 is 1.01. The number of nitrogens with two attached hydrogens (primary N) is 1. The van der Waals surface area contributed by atoms with Crippen LogP contribution in [0.2, 0.25) is 0 Å². The van der Waals surface area contributed by atoms with E-state index in [1.807, 2.05) is 36.1 Å². The number of aryl methyl sites for hydroxylation is 1. The lowest BCUT2D eigenvalue weighted by Gasteiger charge is -2.51. The first kappa shape index (κ1) is 30.3. The maximum Gasteiger partial charge on any atom is 0.350 e. The Morgan fingerprint density at radius 3 is 2.70 bits per heavy atom. The second-order valence-electron chi connectivity index (χ2n) is 10.9. The Kier molecular flexibility index (Phi) is 7.94. The fraction of sp³-hybridized carbons (Fsp3) is 0.357. The highest BCUT2D eigenvalue weighted by molar-refractivity contribution is 7.13. The quantitative estimate of drug-likeness (QED) is 0.102. The number of β-lactam (4-membered cyclic amide) rings is 1. The SMILES string of the molecule is C[n+]1cccc(N2CC/C(=C\C3=C(C(=O)[O-])N4C(=O)[C@@H](NC(=O)/C(=N\OC(C)(C)C(=O)O)c5csc(N)n5)[C@H]4CC3)C2=O)c1. The number of carbonyl (C=O) groups is 5. The summed E-state index contributed by atoms with van der Waals surface area (Å²) in [7, 11) is 1.84. The second-order valence-corrected chi connectivity index (χ2v) is 11.8. The third kappa shape index (κ3) is 5.62. The molecule has 2 aromatic heterocycles. The lowest BCUT2D eigenvalue weighted by molar-refractivity contribution is -0.670. The van der Waals surface area contributed by atoms with Gasteiger partial charge in [0.05, 0.1) is 17.7 Å². The summed E-state index contributed by atoms with van der Waals surface area (Å²) in [5.41, 5.74) is 4.55. The van der Waals surface area contributed by atoms with Gasteiger partial charge in [0.25, 0.3) is 17.7 Å². The molecule has 3 aliphatic rings. The summed E-state index contributed by atoms with van der Waals surface area (Å²) in [4.78, 5) is 75.2. The number of nitrogen functional groups attached to an aromatic ring is 1. The van der Waals surface area contributed by atoms with Gasteiger partial charge in [0.1, 0.15) is 24.5 Å². The number of carboxylic acid groups (broad SMARTS) is 2. The van der Waals surface area contributed by atoms with E-state index in [1.54, 1.807) is 4.90 Å². The van der Waals surface area contributed by atoms with Crippen molar-refractivity contribution in [1.29, 1.82) is 0 Å². The Hall–Kier alpha value is -5.12. The molecule has 2 atom stereocenters. The highest BCUT2D eigenvalue weighted by atomic mass is 32.1. The highest BCUT2D eigenvalue weighted by Crippen LogP contribution is 2.38. The van der Waals surface area contributed by atoms with Gasteiger partial charge in [0.15, 0.2) is 23.2 Å². The molecule has 3 aliphatic heterocycles. The van der Waals surface area contributed by atoms with Crippen molar-refractivity contribution in [2.75, 3.05) is 17.2 Å². The van der Waals surface area contributed by atoms with Gasteiger partial charge in [-0.2, -0.15) is 0 Å². The minimum Gasteiger partial charge on any atom is -0.543 e. The van der Waals surface area contributed by atoms with Crippen LogP contribution in [0.1, 0.15) is 38.8 Å². The Balaban J connectivity index is 1.36. The number of rotatable bonds is 9. The number of anilines is 2. The molecule has 5 rings (SSSR count). The summed E-state index contributed by atoms with van der Waals surface area (Å²) in [6.07, 6.45) is 6.06. The van der Waals surface area contributed by atoms with Crippen LogP contribution in [-0.2, 0) is 35.9 Å². The molecule has 0 radical (unpaired) electrons. The lowest BCUT2D eigenvalue weighted by atomic mass is 9.82. The van der Waals surface area contributed by atoms with E-state index in [0.29, 0.717) is 24.2 Å². The molecule has 16 heteroatoms. The third-order valence-corrected chi connectivity index (χ3v) is 8.20. The molecule has 0 bridgehead atoms. The van der Waals surface area contributed by atoms with Crippen molar-refractivity contribution in [1.82, 2.24) is 15.2 Å². The minimum absolute atomic E-state index is 0.00206. The van der Waals surface area contributed by atoms with E-state index in [2.05, 4.69) is 15.5 Å². The monoisotopic (exact) mass is 623 g/mol. The largest absolute Gasteiger partial charge is 0.543 e. The van der Waals surface area contributed by atoms with Crippen molar-refractivity contribution in [3.63, 3.8) is 0 Å². The van der Waals surface area contributed by atoms with Gasteiger partial charge < -0.3 is 40.7 Å². The summed E-state index contributed by atoms with van der Waals surface area (Å²) in [6, 6.07) is 1.81. The minimum atomic E-state index is -1.78. The zero-order valence-electron chi connectivity index (χ0n) is 24.0. The molecule has 0 aromatic carbocycles. The molecule has 2 saturated heterocycles. The van der Waals surface area contributed by atoms with E-state index in [-0.39, 0.29) is 40.8 Å². The molecule has 15 nitrogen and oxygen atoms in total. The predicted octanol–water partition coefficient (Wildman–Crippen LogP) is -1.01. The molecule has 0 unspecified atom stereocenters. The van der Waals surface area contributed by atoms with Gasteiger partial charge in [-0.1, -0.05) is 5.16 Å². The second kappa shape index (κ2) is 11.5. The number of aliphatic carboxylic acids is 2. The fourth-order valence-corrected chi connectivity index (χ4v) is 5.71. The van der Waals surface area contributed by atoms with Crippen LogP contribution >= 0.6 is 11.3 Å². The molecular weight excluding hydrogens is 594 g/mol. The van der Waals surface area contributed by atoms with Gasteiger partial charge in [-0.3, -0.25) is 14.4 Å². The van der Waals surface area contributed by atoms with Crippen LogP contribution < -0.4 is 25.6 Å². The summed E-state index contributed by atoms with van der Waals surface area (Å²) in [5, 5.41) is 29.4. The molecule has 2 aromatic rings. The first-order chi connectivity index (χ1) is 20.8. The summed E-state index contributed by atoms with van der Waals surface area (Å²) in [5.74, 6) is -4.77. The van der Waals surface area contributed by atoms with E-state index < -0.39 is 47.1 Å². The van der Waals surface area contributed by atoms with E-state index in [4.69, 9.17) is 10.6 Å². The average molecular weight is 624 g/mol. The van der Waals surface area contributed by atoms with Crippen molar-refractivity contribution in [3.8, 4) is 0 Å². The van der Waals surface area contributed by atoms with Crippen molar-refractivity contribution >= 4 is 57.5 Å². The molecule has 2 fully saturated rings. The Morgan fingerprint density at radius 1 is 1.32 bits per heavy atom. The number of aromatic nitrogens is 2. The van der Waals surface area contributed by atoms with Crippen LogP contribution in [0.25, 0.3) is 0 Å². The number of fused-ring (bicyclic) bond motifs is 1. The van der Waals surface area contributed by atoms with Gasteiger partial charge in [0, 0.05) is 23.6 Å². The maximum absolute atomic E-state index is 13.3. The van der Waals surface area contributed by atoms with Crippen LogP contribution in [-0.4, -0.2) is 74.6 Å². The number of carboxylic acids is 2. The molecule has 44 heavy (non-hydrogen) atoms. The number of hydrogen-bond acceptors (Lipinski definition) is 11. The van der Waals surface area contributed by atoms with Gasteiger partial charge in [-0.15, -0.1) is 11.3 Å². The number of nitrogens with one attached hydrogen (secondary N) is 1. The third-order valence-electron chi connectivity index (χ3n) is 7.52. The van der Waals surface area contributed by atoms with Gasteiger partial charge in [-0.05, 0) is 50.8 Å². The number of allylic oxidation sites excluding steroid dienone is 2. The highest BCUT2D eigenvalue weighted by Gasteiger charge is 2.52. The van der Waals surface area contributed by atoms with Gasteiger partial charge >= 0.3 is 5.97 Å². The van der Waals surface area contributed by atoms with E-state index >= 15 is 0 Å². The van der Waals surface area contributed by atoms with Crippen LogP contribution in [0.5, 0.6) is 0 Å². The first-order valence-electron chi connectivity index (χ1n) is 13.6. The first-order valence-corrected chi connectivity index (χ1v) is 14.4. The molecule has 4 N–H and O–H groups in total. The number of thiazole rings is 1. The summed E-state index contributed by atoms with van der Waals surface area (Å²) in [6.45, 7) is 2.89. The zero-order chi connectivity index (χ0) is 31.9. The fourth-order valence-electron chi connectivity index (χ4n) is 5.17. The molecule has 3 amide bonds. The molecular formula is C28H29N7O8S. The molecule has 230 valence electrons. The number of hydrogen-bond donors (Lipinski definition) is 3. The number of carbonyl (C=O) groups excluding carboxylic acids is 4. The lowest BCUT2D eigenvalue weighted by Crippen LogP contribution is -2.72. The van der Waals surface area contributed by atoms with Crippen LogP contribution in [0.15, 0.2) is 58.0 Å². The molecule has 0 spiro atoms. The van der Waals surface area contributed by atoms with Gasteiger partial charge in [-0.25, -0.2) is 14.3 Å². The predicted molar refractivity (Wildman–Crippen MR) is 152 cm³/mol.